The number of halogens is 1. The van der Waals surface area contributed by atoms with E-state index in [1.807, 2.05) is 13.2 Å². The molecule has 16 heavy (non-hydrogen) atoms. The Bertz CT molecular complexity index is 494. The standard InChI is InChI=1S/C9H11ClN6/c1-11-8-7(10)4-12-9(15-8)14-6-3-13-16(2)5-6/h3-5H,1-2H3,(H2,11,12,14,15). The first-order valence-corrected chi connectivity index (χ1v) is 5.03. The van der Waals surface area contributed by atoms with Crippen LogP contribution in [-0.2, 0) is 7.05 Å². The van der Waals surface area contributed by atoms with Gasteiger partial charge in [0.2, 0.25) is 5.95 Å². The van der Waals surface area contributed by atoms with Crippen molar-refractivity contribution in [1.29, 1.82) is 0 Å². The average Bonchev–Trinajstić information content (AvgIpc) is 2.67. The zero-order valence-electron chi connectivity index (χ0n) is 8.90. The third-order valence-electron chi connectivity index (χ3n) is 1.94. The molecule has 0 aliphatic heterocycles. The Labute approximate surface area is 97.7 Å². The first kappa shape index (κ1) is 10.7. The number of aromatic nitrogens is 4. The van der Waals surface area contributed by atoms with Crippen molar-refractivity contribution in [1.82, 2.24) is 19.7 Å². The lowest BCUT2D eigenvalue weighted by atomic mass is 10.5. The summed E-state index contributed by atoms with van der Waals surface area (Å²) in [7, 11) is 3.59. The molecule has 0 radical (unpaired) electrons. The van der Waals surface area contributed by atoms with E-state index in [1.165, 1.54) is 0 Å². The smallest absolute Gasteiger partial charge is 0.229 e. The molecule has 0 aliphatic rings. The molecule has 0 saturated carbocycles. The molecule has 2 aromatic rings. The maximum absolute atomic E-state index is 5.87. The lowest BCUT2D eigenvalue weighted by Gasteiger charge is -2.05. The molecule has 7 heteroatoms. The maximum Gasteiger partial charge on any atom is 0.229 e. The van der Waals surface area contributed by atoms with Gasteiger partial charge in [0, 0.05) is 20.3 Å². The van der Waals surface area contributed by atoms with Gasteiger partial charge in [0.25, 0.3) is 0 Å². The summed E-state index contributed by atoms with van der Waals surface area (Å²) in [4.78, 5) is 8.25. The topological polar surface area (TPSA) is 67.7 Å². The molecule has 0 bridgehead atoms. The van der Waals surface area contributed by atoms with Crippen molar-refractivity contribution in [3.05, 3.63) is 23.6 Å². The van der Waals surface area contributed by atoms with Crippen molar-refractivity contribution in [3.8, 4) is 0 Å². The van der Waals surface area contributed by atoms with Crippen LogP contribution >= 0.6 is 11.6 Å². The third kappa shape index (κ3) is 2.22. The van der Waals surface area contributed by atoms with Crippen LogP contribution in [0.4, 0.5) is 17.5 Å². The number of aryl methyl sites for hydroxylation is 1. The largest absolute Gasteiger partial charge is 0.372 e. The molecule has 2 heterocycles. The van der Waals surface area contributed by atoms with Crippen molar-refractivity contribution in [2.24, 2.45) is 7.05 Å². The molecule has 0 aliphatic carbocycles. The van der Waals surface area contributed by atoms with E-state index in [-0.39, 0.29) is 0 Å². The number of rotatable bonds is 3. The normalized spacial score (nSPS) is 10.2. The highest BCUT2D eigenvalue weighted by atomic mass is 35.5. The van der Waals surface area contributed by atoms with E-state index >= 15 is 0 Å². The van der Waals surface area contributed by atoms with E-state index in [4.69, 9.17) is 11.6 Å². The molecule has 2 aromatic heterocycles. The van der Waals surface area contributed by atoms with Crippen molar-refractivity contribution in [2.45, 2.75) is 0 Å². The fraction of sp³-hybridized carbons (Fsp3) is 0.222. The van der Waals surface area contributed by atoms with Gasteiger partial charge in [-0.05, 0) is 0 Å². The van der Waals surface area contributed by atoms with Gasteiger partial charge in [-0.3, -0.25) is 4.68 Å². The summed E-state index contributed by atoms with van der Waals surface area (Å²) in [5.41, 5.74) is 0.826. The summed E-state index contributed by atoms with van der Waals surface area (Å²) >= 11 is 5.87. The van der Waals surface area contributed by atoms with Crippen LogP contribution in [-0.4, -0.2) is 26.8 Å². The van der Waals surface area contributed by atoms with Gasteiger partial charge in [-0.15, -0.1) is 0 Å². The summed E-state index contributed by atoms with van der Waals surface area (Å²) in [5.74, 6) is 1.06. The zero-order valence-corrected chi connectivity index (χ0v) is 9.65. The fourth-order valence-electron chi connectivity index (χ4n) is 1.22. The molecule has 0 aromatic carbocycles. The molecule has 0 fully saturated rings. The van der Waals surface area contributed by atoms with Crippen molar-refractivity contribution < 1.29 is 0 Å². The Morgan fingerprint density at radius 3 is 2.81 bits per heavy atom. The second kappa shape index (κ2) is 4.36. The zero-order chi connectivity index (χ0) is 11.5. The first-order chi connectivity index (χ1) is 7.69. The Morgan fingerprint density at radius 1 is 1.38 bits per heavy atom. The summed E-state index contributed by atoms with van der Waals surface area (Å²) in [6.45, 7) is 0. The number of hydrogen-bond acceptors (Lipinski definition) is 5. The van der Waals surface area contributed by atoms with E-state index in [0.717, 1.165) is 5.69 Å². The van der Waals surface area contributed by atoms with Gasteiger partial charge in [-0.1, -0.05) is 11.6 Å². The molecule has 0 atom stereocenters. The molecule has 0 unspecified atom stereocenters. The average molecular weight is 239 g/mol. The number of anilines is 3. The summed E-state index contributed by atoms with van der Waals surface area (Å²) in [6.07, 6.45) is 5.06. The monoisotopic (exact) mass is 238 g/mol. The van der Waals surface area contributed by atoms with Crippen LogP contribution in [0.25, 0.3) is 0 Å². The number of hydrogen-bond donors (Lipinski definition) is 2. The van der Waals surface area contributed by atoms with Crippen LogP contribution in [0.5, 0.6) is 0 Å². The number of nitrogens with zero attached hydrogens (tertiary/aromatic N) is 4. The minimum Gasteiger partial charge on any atom is -0.372 e. The van der Waals surface area contributed by atoms with Gasteiger partial charge in [0.05, 0.1) is 18.1 Å². The lowest BCUT2D eigenvalue weighted by molar-refractivity contribution is 0.768. The predicted octanol–water partition coefficient (Wildman–Crippen LogP) is 1.65. The molecule has 0 saturated heterocycles. The molecular weight excluding hydrogens is 228 g/mol. The van der Waals surface area contributed by atoms with Crippen molar-refractivity contribution >= 4 is 29.1 Å². The molecule has 84 valence electrons. The predicted molar refractivity (Wildman–Crippen MR) is 63.1 cm³/mol. The molecule has 0 amide bonds. The van der Waals surface area contributed by atoms with Gasteiger partial charge in [-0.2, -0.15) is 10.1 Å². The lowest BCUT2D eigenvalue weighted by Crippen LogP contribution is -2.00. The highest BCUT2D eigenvalue weighted by Gasteiger charge is 2.04. The van der Waals surface area contributed by atoms with Gasteiger partial charge >= 0.3 is 0 Å². The van der Waals surface area contributed by atoms with Gasteiger partial charge < -0.3 is 10.6 Å². The highest BCUT2D eigenvalue weighted by molar-refractivity contribution is 6.32. The molecule has 6 nitrogen and oxygen atoms in total. The van der Waals surface area contributed by atoms with Crippen LogP contribution in [0.15, 0.2) is 18.6 Å². The van der Waals surface area contributed by atoms with E-state index in [1.54, 1.807) is 24.1 Å². The van der Waals surface area contributed by atoms with Crippen molar-refractivity contribution in [3.63, 3.8) is 0 Å². The van der Waals surface area contributed by atoms with E-state index in [9.17, 15) is 0 Å². The van der Waals surface area contributed by atoms with Crippen LogP contribution in [0.3, 0.4) is 0 Å². The summed E-state index contributed by atoms with van der Waals surface area (Å²) in [5, 5.41) is 10.4. The van der Waals surface area contributed by atoms with E-state index in [2.05, 4.69) is 25.7 Å². The van der Waals surface area contributed by atoms with E-state index < -0.39 is 0 Å². The van der Waals surface area contributed by atoms with Crippen LogP contribution < -0.4 is 10.6 Å². The molecule has 0 spiro atoms. The first-order valence-electron chi connectivity index (χ1n) is 4.65. The van der Waals surface area contributed by atoms with Crippen LogP contribution in [0.1, 0.15) is 0 Å². The van der Waals surface area contributed by atoms with E-state index in [0.29, 0.717) is 16.8 Å². The SMILES string of the molecule is CNc1nc(Nc2cnn(C)c2)ncc1Cl. The molecule has 2 rings (SSSR count). The fourth-order valence-corrected chi connectivity index (χ4v) is 1.40. The Hall–Kier alpha value is -1.82. The van der Waals surface area contributed by atoms with Crippen molar-refractivity contribution in [2.75, 3.05) is 17.7 Å². The minimum atomic E-state index is 0.474. The Balaban J connectivity index is 2.21. The Morgan fingerprint density at radius 2 is 2.19 bits per heavy atom. The molecule has 2 N–H and O–H groups in total. The van der Waals surface area contributed by atoms with Gasteiger partial charge in [0.15, 0.2) is 0 Å². The summed E-state index contributed by atoms with van der Waals surface area (Å²) in [6, 6.07) is 0. The second-order valence-electron chi connectivity index (χ2n) is 3.17. The quantitative estimate of drug-likeness (QED) is 0.851. The number of nitrogens with one attached hydrogen (secondary N) is 2. The van der Waals surface area contributed by atoms with Gasteiger partial charge in [0.1, 0.15) is 10.8 Å². The van der Waals surface area contributed by atoms with Crippen LogP contribution in [0, 0.1) is 0 Å². The van der Waals surface area contributed by atoms with Gasteiger partial charge in [-0.25, -0.2) is 4.98 Å². The second-order valence-corrected chi connectivity index (χ2v) is 3.58. The molecular formula is C9H11ClN6. The van der Waals surface area contributed by atoms with Crippen LogP contribution in [0.2, 0.25) is 5.02 Å². The minimum absolute atomic E-state index is 0.474. The third-order valence-corrected chi connectivity index (χ3v) is 2.22. The summed E-state index contributed by atoms with van der Waals surface area (Å²) < 4.78 is 1.69. The highest BCUT2D eigenvalue weighted by Crippen LogP contribution is 2.20. The maximum atomic E-state index is 5.87. The Kier molecular flexibility index (Phi) is 2.91.